The summed E-state index contributed by atoms with van der Waals surface area (Å²) in [6.45, 7) is 0.540. The standard InChI is InChI=1S/C14H17FN2O4S/c15-10-5-1-2-7-12(10)22(20,21)9-13(18)17-11-6-3-4-8-16-14(11)19/h1-2,5,7,11H,3-4,6,8-9H2,(H,16,19)(H,17,18)/t11-/m0/s1. The van der Waals surface area contributed by atoms with Crippen molar-refractivity contribution in [2.75, 3.05) is 12.3 Å². The van der Waals surface area contributed by atoms with Gasteiger partial charge >= 0.3 is 0 Å². The molecule has 2 amide bonds. The smallest absolute Gasteiger partial charge is 0.242 e. The third-order valence-corrected chi connectivity index (χ3v) is 5.01. The van der Waals surface area contributed by atoms with Crippen molar-refractivity contribution < 1.29 is 22.4 Å². The summed E-state index contributed by atoms with van der Waals surface area (Å²) in [6.07, 6.45) is 2.02. The molecule has 1 heterocycles. The maximum Gasteiger partial charge on any atom is 0.242 e. The molecule has 22 heavy (non-hydrogen) atoms. The third-order valence-electron chi connectivity index (χ3n) is 3.36. The summed E-state index contributed by atoms with van der Waals surface area (Å²) in [7, 11) is -4.09. The van der Waals surface area contributed by atoms with E-state index in [1.54, 1.807) is 0 Å². The molecule has 1 atom stereocenters. The molecule has 1 aliphatic rings. The van der Waals surface area contributed by atoms with Crippen LogP contribution in [-0.4, -0.2) is 38.6 Å². The summed E-state index contributed by atoms with van der Waals surface area (Å²) in [5.74, 6) is -2.93. The molecule has 1 aliphatic heterocycles. The monoisotopic (exact) mass is 328 g/mol. The van der Waals surface area contributed by atoms with Crippen LogP contribution in [0, 0.1) is 5.82 Å². The molecule has 0 unspecified atom stereocenters. The van der Waals surface area contributed by atoms with Crippen LogP contribution in [0.3, 0.4) is 0 Å². The van der Waals surface area contributed by atoms with Crippen LogP contribution in [0.25, 0.3) is 0 Å². The van der Waals surface area contributed by atoms with Crippen LogP contribution in [-0.2, 0) is 19.4 Å². The van der Waals surface area contributed by atoms with E-state index in [2.05, 4.69) is 10.6 Å². The Balaban J connectivity index is 2.05. The van der Waals surface area contributed by atoms with Crippen LogP contribution in [0.1, 0.15) is 19.3 Å². The molecule has 6 nitrogen and oxygen atoms in total. The first-order chi connectivity index (χ1) is 10.4. The summed E-state index contributed by atoms with van der Waals surface area (Å²) < 4.78 is 37.6. The van der Waals surface area contributed by atoms with Gasteiger partial charge in [0.25, 0.3) is 0 Å². The number of rotatable bonds is 4. The number of carbonyl (C=O) groups is 2. The van der Waals surface area contributed by atoms with E-state index in [4.69, 9.17) is 0 Å². The highest BCUT2D eigenvalue weighted by Crippen LogP contribution is 2.15. The first-order valence-corrected chi connectivity index (χ1v) is 8.60. The van der Waals surface area contributed by atoms with Gasteiger partial charge in [0.1, 0.15) is 22.5 Å². The van der Waals surface area contributed by atoms with E-state index >= 15 is 0 Å². The normalized spacial score (nSPS) is 19.1. The van der Waals surface area contributed by atoms with Gasteiger partial charge in [-0.1, -0.05) is 12.1 Å². The number of carbonyl (C=O) groups excluding carboxylic acids is 2. The molecule has 0 saturated carbocycles. The Labute approximate surface area is 128 Å². The molecular weight excluding hydrogens is 311 g/mol. The Morgan fingerprint density at radius 1 is 1.32 bits per heavy atom. The fourth-order valence-electron chi connectivity index (χ4n) is 2.26. The zero-order valence-electron chi connectivity index (χ0n) is 11.8. The average Bonchev–Trinajstić information content (AvgIpc) is 2.64. The van der Waals surface area contributed by atoms with Crippen molar-refractivity contribution in [3.63, 3.8) is 0 Å². The van der Waals surface area contributed by atoms with Crippen LogP contribution < -0.4 is 10.6 Å². The van der Waals surface area contributed by atoms with Crippen LogP contribution in [0.15, 0.2) is 29.2 Å². The molecular formula is C14H17FN2O4S. The summed E-state index contributed by atoms with van der Waals surface area (Å²) in [5.41, 5.74) is 0. The van der Waals surface area contributed by atoms with Crippen LogP contribution >= 0.6 is 0 Å². The van der Waals surface area contributed by atoms with E-state index < -0.39 is 38.3 Å². The molecule has 1 aromatic carbocycles. The molecule has 0 radical (unpaired) electrons. The number of halogens is 1. The van der Waals surface area contributed by atoms with Crippen molar-refractivity contribution >= 4 is 21.7 Å². The SMILES string of the molecule is O=C(CS(=O)(=O)c1ccccc1F)N[C@H]1CCCCNC1=O. The predicted octanol–water partition coefficient (Wildman–Crippen LogP) is 0.384. The minimum absolute atomic E-state index is 0.325. The largest absolute Gasteiger partial charge is 0.354 e. The van der Waals surface area contributed by atoms with E-state index in [9.17, 15) is 22.4 Å². The van der Waals surface area contributed by atoms with Crippen LogP contribution in [0.4, 0.5) is 4.39 Å². The highest BCUT2D eigenvalue weighted by molar-refractivity contribution is 7.92. The zero-order chi connectivity index (χ0) is 16.2. The highest BCUT2D eigenvalue weighted by Gasteiger charge is 2.27. The molecule has 2 N–H and O–H groups in total. The van der Waals surface area contributed by atoms with Crippen LogP contribution in [0.5, 0.6) is 0 Å². The van der Waals surface area contributed by atoms with Crippen LogP contribution in [0.2, 0.25) is 0 Å². The van der Waals surface area contributed by atoms with Gasteiger partial charge in [-0.25, -0.2) is 12.8 Å². The van der Waals surface area contributed by atoms with Crippen molar-refractivity contribution in [2.45, 2.75) is 30.2 Å². The maximum absolute atomic E-state index is 13.5. The van der Waals surface area contributed by atoms with Gasteiger partial charge in [-0.3, -0.25) is 9.59 Å². The van der Waals surface area contributed by atoms with E-state index in [0.717, 1.165) is 25.0 Å². The number of nitrogens with one attached hydrogen (secondary N) is 2. The molecule has 8 heteroatoms. The van der Waals surface area contributed by atoms with Gasteiger partial charge in [-0.05, 0) is 31.4 Å². The summed E-state index contributed by atoms with van der Waals surface area (Å²) in [4.78, 5) is 23.1. The number of hydrogen-bond donors (Lipinski definition) is 2. The number of amides is 2. The minimum atomic E-state index is -4.09. The Morgan fingerprint density at radius 3 is 2.77 bits per heavy atom. The lowest BCUT2D eigenvalue weighted by Crippen LogP contribution is -2.47. The highest BCUT2D eigenvalue weighted by atomic mass is 32.2. The molecule has 0 aromatic heterocycles. The van der Waals surface area contributed by atoms with Crippen molar-refractivity contribution in [1.82, 2.24) is 10.6 Å². The second-order valence-electron chi connectivity index (χ2n) is 5.10. The Morgan fingerprint density at radius 2 is 2.05 bits per heavy atom. The number of sulfone groups is 1. The Hall–Kier alpha value is -1.96. The lowest BCUT2D eigenvalue weighted by molar-refractivity contribution is -0.127. The van der Waals surface area contributed by atoms with Gasteiger partial charge in [0.2, 0.25) is 11.8 Å². The quantitative estimate of drug-likeness (QED) is 0.836. The van der Waals surface area contributed by atoms with Gasteiger partial charge < -0.3 is 10.6 Å². The van der Waals surface area contributed by atoms with Gasteiger partial charge in [-0.15, -0.1) is 0 Å². The Kier molecular flexibility index (Phi) is 5.12. The Bertz CT molecular complexity index is 675. The van der Waals surface area contributed by atoms with Gasteiger partial charge in [0.05, 0.1) is 0 Å². The van der Waals surface area contributed by atoms with Gasteiger partial charge in [0, 0.05) is 6.54 Å². The molecule has 120 valence electrons. The molecule has 1 saturated heterocycles. The van der Waals surface area contributed by atoms with E-state index in [0.29, 0.717) is 13.0 Å². The molecule has 1 fully saturated rings. The fraction of sp³-hybridized carbons (Fsp3) is 0.429. The molecule has 2 rings (SSSR count). The number of hydrogen-bond acceptors (Lipinski definition) is 4. The second kappa shape index (κ2) is 6.87. The van der Waals surface area contributed by atoms with Crippen molar-refractivity contribution in [3.8, 4) is 0 Å². The summed E-state index contributed by atoms with van der Waals surface area (Å²) in [5, 5.41) is 5.04. The lowest BCUT2D eigenvalue weighted by Gasteiger charge is -2.15. The topological polar surface area (TPSA) is 92.3 Å². The molecule has 0 bridgehead atoms. The van der Waals surface area contributed by atoms with Gasteiger partial charge in [-0.2, -0.15) is 0 Å². The second-order valence-corrected chi connectivity index (χ2v) is 7.05. The summed E-state index contributed by atoms with van der Waals surface area (Å²) >= 11 is 0. The lowest BCUT2D eigenvalue weighted by atomic mass is 10.1. The van der Waals surface area contributed by atoms with E-state index in [-0.39, 0.29) is 5.91 Å². The minimum Gasteiger partial charge on any atom is -0.354 e. The molecule has 0 spiro atoms. The van der Waals surface area contributed by atoms with Crippen molar-refractivity contribution in [1.29, 1.82) is 0 Å². The third kappa shape index (κ3) is 4.03. The number of benzene rings is 1. The average molecular weight is 328 g/mol. The van der Waals surface area contributed by atoms with E-state index in [1.165, 1.54) is 12.1 Å². The van der Waals surface area contributed by atoms with E-state index in [1.807, 2.05) is 0 Å². The fourth-order valence-corrected chi connectivity index (χ4v) is 3.50. The molecule has 0 aliphatic carbocycles. The molecule has 1 aromatic rings. The maximum atomic E-state index is 13.5. The first-order valence-electron chi connectivity index (χ1n) is 6.94. The first kappa shape index (κ1) is 16.4. The van der Waals surface area contributed by atoms with Crippen molar-refractivity contribution in [3.05, 3.63) is 30.1 Å². The summed E-state index contributed by atoms with van der Waals surface area (Å²) in [6, 6.07) is 4.13. The zero-order valence-corrected chi connectivity index (χ0v) is 12.7. The van der Waals surface area contributed by atoms with Gasteiger partial charge in [0.15, 0.2) is 9.84 Å². The predicted molar refractivity (Wildman–Crippen MR) is 77.2 cm³/mol. The van der Waals surface area contributed by atoms with Crippen molar-refractivity contribution in [2.24, 2.45) is 0 Å².